The minimum atomic E-state index is -0.261. The SMILES string of the molecule is CC(C)(C)C1CCc2c(sc(NC(=O)Cn3nnc(-c4cccs4)n3)c2C#N)C1. The van der Waals surface area contributed by atoms with Gasteiger partial charge in [-0.2, -0.15) is 10.1 Å². The van der Waals surface area contributed by atoms with Crippen LogP contribution in [-0.2, 0) is 24.2 Å². The van der Waals surface area contributed by atoms with Gasteiger partial charge in [0.25, 0.3) is 0 Å². The number of fused-ring (bicyclic) bond motifs is 1. The maximum atomic E-state index is 12.5. The average Bonchev–Trinajstić information content (AvgIpc) is 3.39. The maximum Gasteiger partial charge on any atom is 0.248 e. The number of carbonyl (C=O) groups is 1. The highest BCUT2D eigenvalue weighted by Crippen LogP contribution is 2.43. The van der Waals surface area contributed by atoms with Gasteiger partial charge in [0.05, 0.1) is 10.4 Å². The van der Waals surface area contributed by atoms with Gasteiger partial charge in [-0.25, -0.2) is 0 Å². The van der Waals surface area contributed by atoms with Gasteiger partial charge in [-0.05, 0) is 52.8 Å². The Morgan fingerprint density at radius 2 is 2.28 bits per heavy atom. The van der Waals surface area contributed by atoms with E-state index in [0.29, 0.717) is 22.3 Å². The molecule has 1 atom stereocenters. The van der Waals surface area contributed by atoms with Crippen LogP contribution in [-0.4, -0.2) is 26.1 Å². The fourth-order valence-electron chi connectivity index (χ4n) is 3.64. The summed E-state index contributed by atoms with van der Waals surface area (Å²) in [7, 11) is 0. The van der Waals surface area contributed by atoms with Gasteiger partial charge in [-0.3, -0.25) is 4.79 Å². The molecule has 0 fully saturated rings. The van der Waals surface area contributed by atoms with Gasteiger partial charge >= 0.3 is 0 Å². The summed E-state index contributed by atoms with van der Waals surface area (Å²) in [6.45, 7) is 6.75. The molecule has 150 valence electrons. The van der Waals surface area contributed by atoms with Gasteiger partial charge in [-0.15, -0.1) is 32.9 Å². The van der Waals surface area contributed by atoms with Gasteiger partial charge in [0, 0.05) is 4.88 Å². The van der Waals surface area contributed by atoms with Crippen molar-refractivity contribution >= 4 is 33.6 Å². The highest BCUT2D eigenvalue weighted by molar-refractivity contribution is 7.16. The molecule has 9 heteroatoms. The van der Waals surface area contributed by atoms with E-state index in [4.69, 9.17) is 0 Å². The van der Waals surface area contributed by atoms with E-state index in [1.165, 1.54) is 32.3 Å². The molecule has 1 aliphatic carbocycles. The Bertz CT molecular complexity index is 1070. The van der Waals surface area contributed by atoms with Crippen LogP contribution in [0.1, 0.15) is 43.2 Å². The molecule has 1 unspecified atom stereocenters. The summed E-state index contributed by atoms with van der Waals surface area (Å²) in [4.78, 5) is 15.9. The van der Waals surface area contributed by atoms with Crippen LogP contribution in [0.25, 0.3) is 10.7 Å². The zero-order valence-corrected chi connectivity index (χ0v) is 18.2. The number of aromatic nitrogens is 4. The van der Waals surface area contributed by atoms with Crippen LogP contribution in [0.2, 0.25) is 0 Å². The van der Waals surface area contributed by atoms with Crippen molar-refractivity contribution in [3.05, 3.63) is 33.5 Å². The fraction of sp³-hybridized carbons (Fsp3) is 0.450. The van der Waals surface area contributed by atoms with Gasteiger partial charge < -0.3 is 5.32 Å². The highest BCUT2D eigenvalue weighted by Gasteiger charge is 2.32. The molecule has 0 radical (unpaired) electrons. The predicted molar refractivity (Wildman–Crippen MR) is 114 cm³/mol. The number of thiophene rings is 2. The van der Waals surface area contributed by atoms with Crippen molar-refractivity contribution in [1.82, 2.24) is 20.2 Å². The number of nitrogens with one attached hydrogen (secondary N) is 1. The van der Waals surface area contributed by atoms with E-state index in [2.05, 4.69) is 47.6 Å². The Kier molecular flexibility index (Phi) is 5.23. The van der Waals surface area contributed by atoms with Crippen LogP contribution in [0, 0.1) is 22.7 Å². The molecule has 1 aliphatic rings. The first-order chi connectivity index (χ1) is 13.8. The van der Waals surface area contributed by atoms with E-state index in [9.17, 15) is 10.1 Å². The maximum absolute atomic E-state index is 12.5. The Hall–Kier alpha value is -2.57. The Labute approximate surface area is 177 Å². The van der Waals surface area contributed by atoms with Crippen molar-refractivity contribution in [3.8, 4) is 16.8 Å². The zero-order valence-electron chi connectivity index (χ0n) is 16.6. The first-order valence-corrected chi connectivity index (χ1v) is 11.2. The first kappa shape index (κ1) is 19.7. The molecule has 0 aliphatic heterocycles. The molecule has 4 rings (SSSR count). The van der Waals surface area contributed by atoms with Crippen molar-refractivity contribution in [2.45, 2.75) is 46.6 Å². The van der Waals surface area contributed by atoms with Crippen LogP contribution in [0.15, 0.2) is 17.5 Å². The molecular weight excluding hydrogens is 404 g/mol. The third-order valence-electron chi connectivity index (χ3n) is 5.33. The van der Waals surface area contributed by atoms with Gasteiger partial charge in [0.2, 0.25) is 11.7 Å². The standard InChI is InChI=1S/C20H22N6OS2/c1-20(2,3)12-6-7-13-14(10-21)19(29-16(13)9-12)22-17(27)11-26-24-18(23-25-26)15-5-4-8-28-15/h4-5,8,12H,6-7,9,11H2,1-3H3,(H,22,27). The van der Waals surface area contributed by atoms with E-state index < -0.39 is 0 Å². The first-order valence-electron chi connectivity index (χ1n) is 9.51. The Balaban J connectivity index is 1.48. The summed E-state index contributed by atoms with van der Waals surface area (Å²) in [6.07, 6.45) is 2.92. The summed E-state index contributed by atoms with van der Waals surface area (Å²) in [6, 6.07) is 6.12. The van der Waals surface area contributed by atoms with E-state index in [1.54, 1.807) is 0 Å². The second-order valence-electron chi connectivity index (χ2n) is 8.29. The molecule has 29 heavy (non-hydrogen) atoms. The number of nitriles is 1. The predicted octanol–water partition coefficient (Wildman–Crippen LogP) is 4.12. The zero-order chi connectivity index (χ0) is 20.6. The number of amides is 1. The van der Waals surface area contributed by atoms with E-state index >= 15 is 0 Å². The topological polar surface area (TPSA) is 96.5 Å². The van der Waals surface area contributed by atoms with Crippen LogP contribution >= 0.6 is 22.7 Å². The van der Waals surface area contributed by atoms with Crippen LogP contribution in [0.3, 0.4) is 0 Å². The number of tetrazole rings is 1. The molecule has 7 nitrogen and oxygen atoms in total. The molecule has 1 amide bonds. The number of anilines is 1. The molecule has 3 aromatic heterocycles. The quantitative estimate of drug-likeness (QED) is 0.677. The highest BCUT2D eigenvalue weighted by atomic mass is 32.1. The normalized spacial score (nSPS) is 16.3. The Morgan fingerprint density at radius 1 is 1.45 bits per heavy atom. The number of hydrogen-bond acceptors (Lipinski definition) is 7. The second kappa shape index (κ2) is 7.69. The molecule has 0 saturated heterocycles. The van der Waals surface area contributed by atoms with Crippen LogP contribution in [0.5, 0.6) is 0 Å². The number of rotatable bonds is 4. The lowest BCUT2D eigenvalue weighted by atomic mass is 9.72. The minimum absolute atomic E-state index is 0.0452. The molecule has 3 aromatic rings. The van der Waals surface area contributed by atoms with Gasteiger partial charge in [0.1, 0.15) is 17.6 Å². The number of hydrogen-bond donors (Lipinski definition) is 1. The fourth-order valence-corrected chi connectivity index (χ4v) is 5.58. The van der Waals surface area contributed by atoms with Gasteiger partial charge in [-0.1, -0.05) is 26.8 Å². The molecule has 0 aromatic carbocycles. The van der Waals surface area contributed by atoms with Crippen molar-refractivity contribution in [3.63, 3.8) is 0 Å². The molecule has 0 spiro atoms. The van der Waals surface area contributed by atoms with Crippen molar-refractivity contribution in [2.75, 3.05) is 5.32 Å². The third-order valence-corrected chi connectivity index (χ3v) is 7.37. The second-order valence-corrected chi connectivity index (χ2v) is 10.3. The summed E-state index contributed by atoms with van der Waals surface area (Å²) in [5, 5.41) is 27.4. The van der Waals surface area contributed by atoms with Gasteiger partial charge in [0.15, 0.2) is 0 Å². The van der Waals surface area contributed by atoms with E-state index in [1.807, 2.05) is 17.5 Å². The summed E-state index contributed by atoms with van der Waals surface area (Å²) >= 11 is 3.05. The summed E-state index contributed by atoms with van der Waals surface area (Å²) < 4.78 is 0. The Morgan fingerprint density at radius 3 is 2.97 bits per heavy atom. The largest absolute Gasteiger partial charge is 0.315 e. The molecule has 0 bridgehead atoms. The van der Waals surface area contributed by atoms with E-state index in [0.717, 1.165) is 29.7 Å². The van der Waals surface area contributed by atoms with E-state index in [-0.39, 0.29) is 17.9 Å². The smallest absolute Gasteiger partial charge is 0.248 e. The average molecular weight is 427 g/mol. The molecular formula is C20H22N6OS2. The summed E-state index contributed by atoms with van der Waals surface area (Å²) in [5.41, 5.74) is 1.94. The lowest BCUT2D eigenvalue weighted by Gasteiger charge is -2.33. The number of nitrogens with zero attached hydrogens (tertiary/aromatic N) is 5. The third kappa shape index (κ3) is 4.09. The molecule has 0 saturated carbocycles. The van der Waals surface area contributed by atoms with Crippen molar-refractivity contribution < 1.29 is 4.79 Å². The van der Waals surface area contributed by atoms with Crippen molar-refractivity contribution in [2.24, 2.45) is 11.3 Å². The molecule has 1 N–H and O–H groups in total. The van der Waals surface area contributed by atoms with Crippen LogP contribution in [0.4, 0.5) is 5.00 Å². The monoisotopic (exact) mass is 426 g/mol. The van der Waals surface area contributed by atoms with Crippen molar-refractivity contribution in [1.29, 1.82) is 5.26 Å². The minimum Gasteiger partial charge on any atom is -0.315 e. The number of carbonyl (C=O) groups excluding carboxylic acids is 1. The molecule has 3 heterocycles. The lowest BCUT2D eigenvalue weighted by Crippen LogP contribution is -2.26. The van der Waals surface area contributed by atoms with Crippen LogP contribution < -0.4 is 5.32 Å². The summed E-state index contributed by atoms with van der Waals surface area (Å²) in [5.74, 6) is 0.826. The lowest BCUT2D eigenvalue weighted by molar-refractivity contribution is -0.117.